The fraction of sp³-hybridized carbons (Fsp3) is 0.769. The lowest BCUT2D eigenvalue weighted by Crippen LogP contribution is -2.47. The highest BCUT2D eigenvalue weighted by atomic mass is 32.1. The number of nitrogens with zero attached hydrogens (tertiary/aromatic N) is 3. The summed E-state index contributed by atoms with van der Waals surface area (Å²) in [5.74, 6) is 0. The first kappa shape index (κ1) is 16.1. The molecule has 0 radical (unpaired) electrons. The van der Waals surface area contributed by atoms with Gasteiger partial charge in [-0.3, -0.25) is 10.2 Å². The summed E-state index contributed by atoms with van der Waals surface area (Å²) in [5, 5.41) is 15.2. The Morgan fingerprint density at radius 1 is 1.43 bits per heavy atom. The van der Waals surface area contributed by atoms with E-state index < -0.39 is 0 Å². The third kappa shape index (κ3) is 5.56. The van der Waals surface area contributed by atoms with E-state index in [0.717, 1.165) is 50.7 Å². The molecule has 1 fully saturated rings. The van der Waals surface area contributed by atoms with Crippen molar-refractivity contribution in [3.63, 3.8) is 0 Å². The molecule has 0 aliphatic carbocycles. The topological polar surface area (TPSA) is 79.4 Å². The maximum Gasteiger partial charge on any atom is 0.321 e. The van der Waals surface area contributed by atoms with Gasteiger partial charge in [-0.1, -0.05) is 18.3 Å². The molecule has 2 rings (SSSR count). The highest BCUT2D eigenvalue weighted by Gasteiger charge is 2.15. The Labute approximate surface area is 129 Å². The predicted molar refractivity (Wildman–Crippen MR) is 82.8 cm³/mol. The van der Waals surface area contributed by atoms with Crippen LogP contribution in [0.4, 0.5) is 9.93 Å². The van der Waals surface area contributed by atoms with Gasteiger partial charge in [0.2, 0.25) is 5.13 Å². The van der Waals surface area contributed by atoms with Crippen LogP contribution in [0.15, 0.2) is 0 Å². The second-order valence-electron chi connectivity index (χ2n) is 5.16. The zero-order valence-electron chi connectivity index (χ0n) is 12.6. The largest absolute Gasteiger partial charge is 0.379 e. The van der Waals surface area contributed by atoms with Gasteiger partial charge in [0.1, 0.15) is 5.01 Å². The molecule has 2 N–H and O–H groups in total. The summed E-state index contributed by atoms with van der Waals surface area (Å²) in [5.41, 5.74) is 0. The highest BCUT2D eigenvalue weighted by molar-refractivity contribution is 7.15. The highest BCUT2D eigenvalue weighted by Crippen LogP contribution is 2.16. The summed E-state index contributed by atoms with van der Waals surface area (Å²) >= 11 is 1.43. The molecule has 1 aliphatic rings. The molecule has 118 valence electrons. The number of aryl methyl sites for hydroxylation is 1. The molecule has 1 unspecified atom stereocenters. The van der Waals surface area contributed by atoms with Crippen molar-refractivity contribution in [2.45, 2.75) is 32.7 Å². The minimum atomic E-state index is -0.227. The average molecular weight is 313 g/mol. The molecule has 1 saturated heterocycles. The van der Waals surface area contributed by atoms with E-state index in [1.54, 1.807) is 0 Å². The fourth-order valence-electron chi connectivity index (χ4n) is 2.19. The molecular formula is C13H23N5O2S. The van der Waals surface area contributed by atoms with E-state index in [2.05, 4.69) is 32.7 Å². The van der Waals surface area contributed by atoms with Crippen molar-refractivity contribution in [1.29, 1.82) is 0 Å². The van der Waals surface area contributed by atoms with Crippen molar-refractivity contribution >= 4 is 22.5 Å². The van der Waals surface area contributed by atoms with Crippen LogP contribution in [0.3, 0.4) is 0 Å². The van der Waals surface area contributed by atoms with Gasteiger partial charge in [-0.2, -0.15) is 0 Å². The Hall–Kier alpha value is -1.25. The smallest absolute Gasteiger partial charge is 0.321 e. The SMILES string of the molecule is CCCc1nnc(NC(=O)NC(C)CN2CCOCC2)s1. The summed E-state index contributed by atoms with van der Waals surface area (Å²) in [4.78, 5) is 14.2. The third-order valence-corrected chi connectivity index (χ3v) is 4.06. The van der Waals surface area contributed by atoms with Gasteiger partial charge in [-0.25, -0.2) is 4.79 Å². The number of urea groups is 1. The van der Waals surface area contributed by atoms with E-state index in [0.29, 0.717) is 5.13 Å². The number of nitrogens with one attached hydrogen (secondary N) is 2. The van der Waals surface area contributed by atoms with Crippen molar-refractivity contribution in [3.8, 4) is 0 Å². The fourth-order valence-corrected chi connectivity index (χ4v) is 3.03. The van der Waals surface area contributed by atoms with Crippen LogP contribution in [0.2, 0.25) is 0 Å². The molecule has 1 aromatic rings. The van der Waals surface area contributed by atoms with Gasteiger partial charge in [0.15, 0.2) is 0 Å². The number of carbonyl (C=O) groups excluding carboxylic acids is 1. The number of ether oxygens (including phenoxy) is 1. The molecule has 0 bridgehead atoms. The van der Waals surface area contributed by atoms with Crippen LogP contribution < -0.4 is 10.6 Å². The maximum absolute atomic E-state index is 11.9. The number of anilines is 1. The van der Waals surface area contributed by atoms with Crippen LogP contribution in [0.25, 0.3) is 0 Å². The van der Waals surface area contributed by atoms with Gasteiger partial charge in [0.25, 0.3) is 0 Å². The lowest BCUT2D eigenvalue weighted by Gasteiger charge is -2.29. The Kier molecular flexibility index (Phi) is 6.34. The number of hydrogen-bond acceptors (Lipinski definition) is 6. The minimum Gasteiger partial charge on any atom is -0.379 e. The van der Waals surface area contributed by atoms with Crippen LogP contribution in [0, 0.1) is 0 Å². The summed E-state index contributed by atoms with van der Waals surface area (Å²) < 4.78 is 5.31. The molecule has 0 aromatic carbocycles. The first-order chi connectivity index (χ1) is 10.2. The van der Waals surface area contributed by atoms with E-state index in [1.165, 1.54) is 11.3 Å². The Balaban J connectivity index is 1.72. The molecule has 0 spiro atoms. The van der Waals surface area contributed by atoms with Gasteiger partial charge in [0.05, 0.1) is 13.2 Å². The molecule has 0 saturated carbocycles. The number of aromatic nitrogens is 2. The summed E-state index contributed by atoms with van der Waals surface area (Å²) in [7, 11) is 0. The zero-order valence-corrected chi connectivity index (χ0v) is 13.4. The summed E-state index contributed by atoms with van der Waals surface area (Å²) in [6, 6.07) is -0.152. The molecule has 21 heavy (non-hydrogen) atoms. The van der Waals surface area contributed by atoms with Gasteiger partial charge < -0.3 is 10.1 Å². The number of amides is 2. The molecule has 8 heteroatoms. The number of rotatable bonds is 6. The summed E-state index contributed by atoms with van der Waals surface area (Å²) in [6.07, 6.45) is 1.92. The van der Waals surface area contributed by atoms with E-state index >= 15 is 0 Å². The normalized spacial score (nSPS) is 17.4. The van der Waals surface area contributed by atoms with E-state index in [9.17, 15) is 4.79 Å². The van der Waals surface area contributed by atoms with Crippen LogP contribution in [-0.4, -0.2) is 60.0 Å². The molecule has 2 heterocycles. The second-order valence-corrected chi connectivity index (χ2v) is 6.23. The molecule has 1 aliphatic heterocycles. The molecular weight excluding hydrogens is 290 g/mol. The van der Waals surface area contributed by atoms with Crippen LogP contribution in [-0.2, 0) is 11.2 Å². The second kappa shape index (κ2) is 8.26. The summed E-state index contributed by atoms with van der Waals surface area (Å²) in [6.45, 7) is 8.29. The van der Waals surface area contributed by atoms with Crippen molar-refractivity contribution in [2.75, 3.05) is 38.2 Å². The average Bonchev–Trinajstić information content (AvgIpc) is 2.87. The van der Waals surface area contributed by atoms with Crippen LogP contribution >= 0.6 is 11.3 Å². The minimum absolute atomic E-state index is 0.0751. The van der Waals surface area contributed by atoms with Crippen LogP contribution in [0.5, 0.6) is 0 Å². The lowest BCUT2D eigenvalue weighted by molar-refractivity contribution is 0.0350. The van der Waals surface area contributed by atoms with Crippen molar-refractivity contribution < 1.29 is 9.53 Å². The van der Waals surface area contributed by atoms with Crippen molar-refractivity contribution in [3.05, 3.63) is 5.01 Å². The van der Waals surface area contributed by atoms with E-state index in [4.69, 9.17) is 4.74 Å². The quantitative estimate of drug-likeness (QED) is 0.828. The van der Waals surface area contributed by atoms with Crippen molar-refractivity contribution in [2.24, 2.45) is 0 Å². The van der Waals surface area contributed by atoms with Gasteiger partial charge in [-0.15, -0.1) is 10.2 Å². The maximum atomic E-state index is 11.9. The van der Waals surface area contributed by atoms with Gasteiger partial charge in [0, 0.05) is 32.1 Å². The Morgan fingerprint density at radius 2 is 2.19 bits per heavy atom. The van der Waals surface area contributed by atoms with Gasteiger partial charge >= 0.3 is 6.03 Å². The molecule has 1 atom stereocenters. The molecule has 7 nitrogen and oxygen atoms in total. The zero-order chi connectivity index (χ0) is 15.1. The number of morpholine rings is 1. The predicted octanol–water partition coefficient (Wildman–Crippen LogP) is 1.33. The number of carbonyl (C=O) groups is 1. The van der Waals surface area contributed by atoms with Gasteiger partial charge in [-0.05, 0) is 13.3 Å². The number of hydrogen-bond donors (Lipinski definition) is 2. The first-order valence-corrected chi connectivity index (χ1v) is 8.19. The van der Waals surface area contributed by atoms with E-state index in [1.807, 2.05) is 6.92 Å². The van der Waals surface area contributed by atoms with E-state index in [-0.39, 0.29) is 12.1 Å². The lowest BCUT2D eigenvalue weighted by atomic mass is 10.3. The van der Waals surface area contributed by atoms with Crippen LogP contribution in [0.1, 0.15) is 25.3 Å². The monoisotopic (exact) mass is 313 g/mol. The standard InChI is InChI=1S/C13H23N5O2S/c1-3-4-11-16-17-13(21-11)15-12(19)14-10(2)9-18-5-7-20-8-6-18/h10H,3-9H2,1-2H3,(H2,14,15,17,19). The molecule has 1 aromatic heterocycles. The molecule has 2 amide bonds. The third-order valence-electron chi connectivity index (χ3n) is 3.16. The first-order valence-electron chi connectivity index (χ1n) is 7.37. The Bertz CT molecular complexity index is 448. The van der Waals surface area contributed by atoms with Crippen molar-refractivity contribution in [1.82, 2.24) is 20.4 Å². The Morgan fingerprint density at radius 3 is 2.90 bits per heavy atom.